The van der Waals surface area contributed by atoms with Gasteiger partial charge in [0.1, 0.15) is 0 Å². The first kappa shape index (κ1) is 10.3. The van der Waals surface area contributed by atoms with Crippen molar-refractivity contribution in [3.8, 4) is 0 Å². The second-order valence-electron chi connectivity index (χ2n) is 3.95. The highest BCUT2D eigenvalue weighted by molar-refractivity contribution is 6.42. The minimum absolute atomic E-state index is 0.621. The summed E-state index contributed by atoms with van der Waals surface area (Å²) < 4.78 is 0. The molecule has 14 heavy (non-hydrogen) atoms. The van der Waals surface area contributed by atoms with Crippen LogP contribution in [0.2, 0.25) is 10.0 Å². The third kappa shape index (κ3) is 2.41. The average Bonchev–Trinajstić information content (AvgIpc) is 2.85. The Morgan fingerprint density at radius 2 is 2.07 bits per heavy atom. The number of hydrogen-bond acceptors (Lipinski definition) is 1. The maximum Gasteiger partial charge on any atom is 0.0595 e. The number of benzene rings is 1. The molecular weight excluding hydrogens is 217 g/mol. The highest BCUT2D eigenvalue weighted by Gasteiger charge is 2.31. The van der Waals surface area contributed by atoms with Crippen LogP contribution in [0, 0.1) is 5.92 Å². The molecule has 0 bridgehead atoms. The van der Waals surface area contributed by atoms with Crippen molar-refractivity contribution >= 4 is 23.2 Å². The molecule has 76 valence electrons. The molecule has 1 saturated carbocycles. The minimum atomic E-state index is 0.621. The second-order valence-corrected chi connectivity index (χ2v) is 4.76. The van der Waals surface area contributed by atoms with Gasteiger partial charge in [-0.2, -0.15) is 0 Å². The van der Waals surface area contributed by atoms with Crippen molar-refractivity contribution in [2.75, 3.05) is 0 Å². The molecule has 3 heteroatoms. The molecule has 1 aromatic carbocycles. The van der Waals surface area contributed by atoms with E-state index in [1.54, 1.807) is 0 Å². The van der Waals surface area contributed by atoms with Gasteiger partial charge in [0.05, 0.1) is 10.0 Å². The van der Waals surface area contributed by atoms with Gasteiger partial charge >= 0.3 is 0 Å². The lowest BCUT2D eigenvalue weighted by Gasteiger charge is -2.04. The Morgan fingerprint density at radius 1 is 1.36 bits per heavy atom. The Labute approximate surface area is 94.4 Å². The summed E-state index contributed by atoms with van der Waals surface area (Å²) in [5.74, 6) is 0.831. The first-order valence-electron chi connectivity index (χ1n) is 4.84. The molecular formula is C11H13Cl2N. The van der Waals surface area contributed by atoms with E-state index in [1.807, 2.05) is 18.2 Å². The fraction of sp³-hybridized carbons (Fsp3) is 0.455. The van der Waals surface area contributed by atoms with Crippen LogP contribution in [0.5, 0.6) is 0 Å². The van der Waals surface area contributed by atoms with Gasteiger partial charge in [-0.15, -0.1) is 0 Å². The largest absolute Gasteiger partial charge is 0.310 e. The third-order valence-electron chi connectivity index (χ3n) is 2.66. The Hall–Kier alpha value is -0.240. The first-order valence-corrected chi connectivity index (χ1v) is 5.59. The number of nitrogens with one attached hydrogen (secondary N) is 1. The van der Waals surface area contributed by atoms with Gasteiger partial charge in [0, 0.05) is 12.6 Å². The summed E-state index contributed by atoms with van der Waals surface area (Å²) in [5.41, 5.74) is 1.19. The monoisotopic (exact) mass is 229 g/mol. The molecule has 1 aliphatic rings. The SMILES string of the molecule is CC1CC1NCc1ccc(Cl)c(Cl)c1. The van der Waals surface area contributed by atoms with Crippen molar-refractivity contribution in [1.29, 1.82) is 0 Å². The molecule has 2 unspecified atom stereocenters. The highest BCUT2D eigenvalue weighted by atomic mass is 35.5. The molecule has 0 amide bonds. The summed E-state index contributed by atoms with van der Waals surface area (Å²) in [7, 11) is 0. The van der Waals surface area contributed by atoms with E-state index in [-0.39, 0.29) is 0 Å². The van der Waals surface area contributed by atoms with Crippen LogP contribution < -0.4 is 5.32 Å². The van der Waals surface area contributed by atoms with Crippen molar-refractivity contribution in [3.63, 3.8) is 0 Å². The molecule has 1 nitrogen and oxygen atoms in total. The zero-order chi connectivity index (χ0) is 10.1. The quantitative estimate of drug-likeness (QED) is 0.837. The molecule has 2 rings (SSSR count). The van der Waals surface area contributed by atoms with E-state index in [1.165, 1.54) is 12.0 Å². The van der Waals surface area contributed by atoms with Gasteiger partial charge in [0.2, 0.25) is 0 Å². The first-order chi connectivity index (χ1) is 6.66. The number of rotatable bonds is 3. The predicted molar refractivity (Wildman–Crippen MR) is 60.9 cm³/mol. The Morgan fingerprint density at radius 3 is 2.64 bits per heavy atom. The Balaban J connectivity index is 1.92. The van der Waals surface area contributed by atoms with Gasteiger partial charge in [-0.05, 0) is 30.0 Å². The Bertz CT molecular complexity index is 338. The van der Waals surface area contributed by atoms with Crippen LogP contribution in [0.4, 0.5) is 0 Å². The normalized spacial score (nSPS) is 25.1. The topological polar surface area (TPSA) is 12.0 Å². The lowest BCUT2D eigenvalue weighted by atomic mass is 10.2. The fourth-order valence-electron chi connectivity index (χ4n) is 1.51. The van der Waals surface area contributed by atoms with Crippen molar-refractivity contribution in [2.24, 2.45) is 5.92 Å². The van der Waals surface area contributed by atoms with Gasteiger partial charge in [-0.25, -0.2) is 0 Å². The van der Waals surface area contributed by atoms with E-state index in [9.17, 15) is 0 Å². The molecule has 0 aromatic heterocycles. The standard InChI is InChI=1S/C11H13Cl2N/c1-7-4-11(7)14-6-8-2-3-9(12)10(13)5-8/h2-3,5,7,11,14H,4,6H2,1H3. The van der Waals surface area contributed by atoms with Crippen LogP contribution in [-0.2, 0) is 6.54 Å². The summed E-state index contributed by atoms with van der Waals surface area (Å²) in [6.45, 7) is 3.14. The van der Waals surface area contributed by atoms with Crippen LogP contribution in [0.1, 0.15) is 18.9 Å². The lowest BCUT2D eigenvalue weighted by Crippen LogP contribution is -2.16. The van der Waals surface area contributed by atoms with Crippen LogP contribution in [-0.4, -0.2) is 6.04 Å². The average molecular weight is 230 g/mol. The van der Waals surface area contributed by atoms with Crippen LogP contribution in [0.15, 0.2) is 18.2 Å². The van der Waals surface area contributed by atoms with Gasteiger partial charge in [-0.1, -0.05) is 36.2 Å². The van der Waals surface area contributed by atoms with Crippen LogP contribution in [0.25, 0.3) is 0 Å². The molecule has 1 aliphatic carbocycles. The summed E-state index contributed by atoms with van der Waals surface area (Å²) in [6.07, 6.45) is 1.29. The van der Waals surface area contributed by atoms with Crippen molar-refractivity contribution < 1.29 is 0 Å². The van der Waals surface area contributed by atoms with Crippen LogP contribution in [0.3, 0.4) is 0 Å². The van der Waals surface area contributed by atoms with Gasteiger partial charge in [0.25, 0.3) is 0 Å². The summed E-state index contributed by atoms with van der Waals surface area (Å²) in [5, 5.41) is 4.72. The molecule has 0 heterocycles. The number of halogens is 2. The van der Waals surface area contributed by atoms with Crippen LogP contribution >= 0.6 is 23.2 Å². The molecule has 0 saturated heterocycles. The second kappa shape index (κ2) is 4.09. The molecule has 1 aromatic rings. The summed E-state index contributed by atoms with van der Waals surface area (Å²) in [6, 6.07) is 6.47. The van der Waals surface area contributed by atoms with E-state index < -0.39 is 0 Å². The molecule has 2 atom stereocenters. The smallest absolute Gasteiger partial charge is 0.0595 e. The van der Waals surface area contributed by atoms with E-state index in [4.69, 9.17) is 23.2 Å². The molecule has 1 N–H and O–H groups in total. The fourth-order valence-corrected chi connectivity index (χ4v) is 1.83. The zero-order valence-electron chi connectivity index (χ0n) is 8.06. The maximum atomic E-state index is 5.91. The summed E-state index contributed by atoms with van der Waals surface area (Å²) in [4.78, 5) is 0. The summed E-state index contributed by atoms with van der Waals surface area (Å²) >= 11 is 11.7. The predicted octanol–water partition coefficient (Wildman–Crippen LogP) is 3.49. The lowest BCUT2D eigenvalue weighted by molar-refractivity contribution is 0.652. The molecule has 0 radical (unpaired) electrons. The molecule has 1 fully saturated rings. The van der Waals surface area contributed by atoms with E-state index in [0.717, 1.165) is 12.5 Å². The third-order valence-corrected chi connectivity index (χ3v) is 3.40. The zero-order valence-corrected chi connectivity index (χ0v) is 9.57. The van der Waals surface area contributed by atoms with E-state index in [2.05, 4.69) is 12.2 Å². The molecule has 0 spiro atoms. The number of hydrogen-bond donors (Lipinski definition) is 1. The van der Waals surface area contributed by atoms with Gasteiger partial charge < -0.3 is 5.32 Å². The molecule has 0 aliphatic heterocycles. The van der Waals surface area contributed by atoms with Gasteiger partial charge in [0.15, 0.2) is 0 Å². The Kier molecular flexibility index (Phi) is 3.01. The van der Waals surface area contributed by atoms with Crippen molar-refractivity contribution in [1.82, 2.24) is 5.32 Å². The van der Waals surface area contributed by atoms with Crippen molar-refractivity contribution in [3.05, 3.63) is 33.8 Å². The van der Waals surface area contributed by atoms with Crippen molar-refractivity contribution in [2.45, 2.75) is 25.9 Å². The van der Waals surface area contributed by atoms with E-state index in [0.29, 0.717) is 16.1 Å². The van der Waals surface area contributed by atoms with E-state index >= 15 is 0 Å². The maximum absolute atomic E-state index is 5.91. The minimum Gasteiger partial charge on any atom is -0.310 e. The van der Waals surface area contributed by atoms with Gasteiger partial charge in [-0.3, -0.25) is 0 Å². The highest BCUT2D eigenvalue weighted by Crippen LogP contribution is 2.29.